The van der Waals surface area contributed by atoms with Crippen LogP contribution in [0.5, 0.6) is 5.75 Å². The van der Waals surface area contributed by atoms with Crippen LogP contribution in [-0.2, 0) is 4.79 Å². The summed E-state index contributed by atoms with van der Waals surface area (Å²) in [7, 11) is 1.56. The normalized spacial score (nSPS) is 15.7. The highest BCUT2D eigenvalue weighted by Crippen LogP contribution is 2.30. The summed E-state index contributed by atoms with van der Waals surface area (Å²) in [5.74, 6) is 0.361. The second-order valence-corrected chi connectivity index (χ2v) is 5.38. The van der Waals surface area contributed by atoms with Crippen LogP contribution in [0, 0.1) is 0 Å². The van der Waals surface area contributed by atoms with Crippen LogP contribution in [-0.4, -0.2) is 61.3 Å². The van der Waals surface area contributed by atoms with Crippen LogP contribution < -0.4 is 15.0 Å². The number of benzene rings is 1. The molecule has 0 bridgehead atoms. The van der Waals surface area contributed by atoms with Gasteiger partial charge >= 0.3 is 6.03 Å². The number of hydrogen-bond donors (Lipinski definition) is 2. The lowest BCUT2D eigenvalue weighted by Gasteiger charge is -2.21. The molecule has 0 saturated carbocycles. The molecule has 0 aliphatic carbocycles. The van der Waals surface area contributed by atoms with Crippen molar-refractivity contribution in [3.8, 4) is 5.75 Å². The molecule has 1 fully saturated rings. The Balaban J connectivity index is 2.00. The Bertz CT molecular complexity index is 560. The number of ether oxygens (including phenoxy) is 1. The number of aliphatic hydroxyl groups excluding tert-OH is 1. The molecule has 0 radical (unpaired) electrons. The van der Waals surface area contributed by atoms with Crippen molar-refractivity contribution in [2.75, 3.05) is 38.3 Å². The van der Waals surface area contributed by atoms with Crippen LogP contribution in [0.1, 0.15) is 13.3 Å². The number of amides is 3. The first kappa shape index (κ1) is 17.1. The van der Waals surface area contributed by atoms with Crippen LogP contribution in [0.15, 0.2) is 24.3 Å². The molecule has 1 unspecified atom stereocenters. The van der Waals surface area contributed by atoms with Gasteiger partial charge in [-0.05, 0) is 18.6 Å². The van der Waals surface area contributed by atoms with Gasteiger partial charge in [0.2, 0.25) is 5.91 Å². The largest absolute Gasteiger partial charge is 0.495 e. The summed E-state index contributed by atoms with van der Waals surface area (Å²) in [6.45, 7) is 2.74. The van der Waals surface area contributed by atoms with E-state index in [9.17, 15) is 9.59 Å². The van der Waals surface area contributed by atoms with Crippen LogP contribution in [0.2, 0.25) is 0 Å². The van der Waals surface area contributed by atoms with Gasteiger partial charge in [0.05, 0.1) is 25.4 Å². The quantitative estimate of drug-likeness (QED) is 0.779. The number of urea groups is 1. The number of nitrogens with zero attached hydrogens (tertiary/aromatic N) is 2. The smallest absolute Gasteiger partial charge is 0.325 e. The molecule has 2 rings (SSSR count). The van der Waals surface area contributed by atoms with E-state index < -0.39 is 0 Å². The van der Waals surface area contributed by atoms with E-state index in [1.807, 2.05) is 25.1 Å². The first-order chi connectivity index (χ1) is 11.1. The average molecular weight is 321 g/mol. The van der Waals surface area contributed by atoms with E-state index in [0.29, 0.717) is 30.9 Å². The molecule has 1 saturated heterocycles. The molecule has 1 atom stereocenters. The fourth-order valence-electron chi connectivity index (χ4n) is 2.53. The highest BCUT2D eigenvalue weighted by molar-refractivity contribution is 5.97. The number of para-hydroxylation sites is 2. The molecule has 1 aliphatic rings. The van der Waals surface area contributed by atoms with Crippen molar-refractivity contribution >= 4 is 17.6 Å². The number of carbonyl (C=O) groups is 2. The predicted molar refractivity (Wildman–Crippen MR) is 86.6 cm³/mol. The number of aliphatic hydroxyl groups is 1. The van der Waals surface area contributed by atoms with Crippen molar-refractivity contribution in [3.05, 3.63) is 24.3 Å². The Morgan fingerprint density at radius 1 is 1.39 bits per heavy atom. The Kier molecular flexibility index (Phi) is 5.81. The number of methoxy groups -OCH3 is 1. The SMILES string of the molecule is CCC(CO)NC(=O)CN1CCN(c2ccccc2OC)C1=O. The summed E-state index contributed by atoms with van der Waals surface area (Å²) in [5, 5.41) is 11.8. The zero-order chi connectivity index (χ0) is 16.8. The van der Waals surface area contributed by atoms with Gasteiger partial charge in [-0.25, -0.2) is 4.79 Å². The summed E-state index contributed by atoms with van der Waals surface area (Å²) in [4.78, 5) is 27.6. The molecule has 1 aromatic carbocycles. The van der Waals surface area contributed by atoms with E-state index >= 15 is 0 Å². The summed E-state index contributed by atoms with van der Waals surface area (Å²) >= 11 is 0. The third-order valence-corrected chi connectivity index (χ3v) is 3.88. The Labute approximate surface area is 135 Å². The van der Waals surface area contributed by atoms with E-state index in [4.69, 9.17) is 9.84 Å². The maximum atomic E-state index is 12.5. The zero-order valence-corrected chi connectivity index (χ0v) is 13.5. The third kappa shape index (κ3) is 3.92. The average Bonchev–Trinajstić information content (AvgIpc) is 2.93. The molecule has 7 heteroatoms. The fourth-order valence-corrected chi connectivity index (χ4v) is 2.53. The zero-order valence-electron chi connectivity index (χ0n) is 13.5. The molecule has 1 heterocycles. The van der Waals surface area contributed by atoms with Crippen LogP contribution >= 0.6 is 0 Å². The molecule has 2 N–H and O–H groups in total. The van der Waals surface area contributed by atoms with E-state index in [-0.39, 0.29) is 31.1 Å². The van der Waals surface area contributed by atoms with Crippen molar-refractivity contribution in [2.45, 2.75) is 19.4 Å². The van der Waals surface area contributed by atoms with Crippen LogP contribution in [0.3, 0.4) is 0 Å². The summed E-state index contributed by atoms with van der Waals surface area (Å²) in [6.07, 6.45) is 0.642. The van der Waals surface area contributed by atoms with E-state index in [0.717, 1.165) is 0 Å². The molecule has 3 amide bonds. The van der Waals surface area contributed by atoms with Gasteiger partial charge in [0.1, 0.15) is 12.3 Å². The maximum Gasteiger partial charge on any atom is 0.325 e. The van der Waals surface area contributed by atoms with Gasteiger partial charge < -0.3 is 20.1 Å². The first-order valence-corrected chi connectivity index (χ1v) is 7.70. The second-order valence-electron chi connectivity index (χ2n) is 5.38. The van der Waals surface area contributed by atoms with E-state index in [1.165, 1.54) is 4.90 Å². The van der Waals surface area contributed by atoms with Gasteiger partial charge in [0.25, 0.3) is 0 Å². The van der Waals surface area contributed by atoms with Gasteiger partial charge in [-0.15, -0.1) is 0 Å². The number of rotatable bonds is 7. The van der Waals surface area contributed by atoms with Gasteiger partial charge in [-0.3, -0.25) is 9.69 Å². The van der Waals surface area contributed by atoms with Gasteiger partial charge in [0, 0.05) is 13.1 Å². The Morgan fingerprint density at radius 2 is 2.13 bits per heavy atom. The molecule has 1 aromatic rings. The number of anilines is 1. The topological polar surface area (TPSA) is 82.1 Å². The molecule has 7 nitrogen and oxygen atoms in total. The second kappa shape index (κ2) is 7.82. The van der Waals surface area contributed by atoms with Crippen LogP contribution in [0.25, 0.3) is 0 Å². The summed E-state index contributed by atoms with van der Waals surface area (Å²) < 4.78 is 5.28. The van der Waals surface area contributed by atoms with Crippen LogP contribution in [0.4, 0.5) is 10.5 Å². The molecule has 0 spiro atoms. The third-order valence-electron chi connectivity index (χ3n) is 3.88. The lowest BCUT2D eigenvalue weighted by molar-refractivity contribution is -0.122. The molecule has 126 valence electrons. The van der Waals surface area contributed by atoms with Crippen molar-refractivity contribution < 1.29 is 19.4 Å². The molecule has 1 aliphatic heterocycles. The minimum atomic E-state index is -0.273. The lowest BCUT2D eigenvalue weighted by atomic mass is 10.2. The van der Waals surface area contributed by atoms with E-state index in [2.05, 4.69) is 5.32 Å². The predicted octanol–water partition coefficient (Wildman–Crippen LogP) is 0.824. The lowest BCUT2D eigenvalue weighted by Crippen LogP contribution is -2.44. The molecule has 0 aromatic heterocycles. The Hall–Kier alpha value is -2.28. The fraction of sp³-hybridized carbons (Fsp3) is 0.500. The summed E-state index contributed by atoms with van der Waals surface area (Å²) in [6, 6.07) is 6.80. The molecule has 23 heavy (non-hydrogen) atoms. The molecular formula is C16H23N3O4. The maximum absolute atomic E-state index is 12.5. The number of hydrogen-bond acceptors (Lipinski definition) is 4. The highest BCUT2D eigenvalue weighted by atomic mass is 16.5. The van der Waals surface area contributed by atoms with Gasteiger partial charge in [-0.1, -0.05) is 19.1 Å². The van der Waals surface area contributed by atoms with Gasteiger partial charge in [-0.2, -0.15) is 0 Å². The first-order valence-electron chi connectivity index (χ1n) is 7.70. The van der Waals surface area contributed by atoms with Crippen molar-refractivity contribution in [3.63, 3.8) is 0 Å². The van der Waals surface area contributed by atoms with E-state index in [1.54, 1.807) is 18.1 Å². The number of nitrogens with one attached hydrogen (secondary N) is 1. The standard InChI is InChI=1S/C16H23N3O4/c1-3-12(11-20)17-15(21)10-18-8-9-19(16(18)22)13-6-4-5-7-14(13)23-2/h4-7,12,20H,3,8-11H2,1-2H3,(H,17,21). The minimum Gasteiger partial charge on any atom is -0.495 e. The number of carbonyl (C=O) groups excluding carboxylic acids is 2. The molecular weight excluding hydrogens is 298 g/mol. The monoisotopic (exact) mass is 321 g/mol. The van der Waals surface area contributed by atoms with Crippen molar-refractivity contribution in [1.29, 1.82) is 0 Å². The van der Waals surface area contributed by atoms with Crippen molar-refractivity contribution in [1.82, 2.24) is 10.2 Å². The minimum absolute atomic E-state index is 0.0129. The Morgan fingerprint density at radius 3 is 2.78 bits per heavy atom. The van der Waals surface area contributed by atoms with Crippen molar-refractivity contribution in [2.24, 2.45) is 0 Å². The highest BCUT2D eigenvalue weighted by Gasteiger charge is 2.32. The van der Waals surface area contributed by atoms with Gasteiger partial charge in [0.15, 0.2) is 0 Å². The summed E-state index contributed by atoms with van der Waals surface area (Å²) in [5.41, 5.74) is 0.699.